The monoisotopic (exact) mass is 346 g/mol. The number of Topliss-reactive ketones (excluding diaryl/α,β-unsaturated/α-hetero) is 1. The highest BCUT2D eigenvalue weighted by Crippen LogP contribution is 2.33. The molecule has 4 rings (SSSR count). The molecule has 26 heavy (non-hydrogen) atoms. The number of fused-ring (bicyclic) bond motifs is 1. The van der Waals surface area contributed by atoms with Crippen molar-refractivity contribution in [3.63, 3.8) is 0 Å². The van der Waals surface area contributed by atoms with Crippen molar-refractivity contribution in [2.75, 3.05) is 6.54 Å². The van der Waals surface area contributed by atoms with Gasteiger partial charge < -0.3 is 9.47 Å². The zero-order valence-corrected chi connectivity index (χ0v) is 14.5. The second kappa shape index (κ2) is 6.64. The van der Waals surface area contributed by atoms with Crippen LogP contribution in [0.4, 0.5) is 4.39 Å². The number of hydrogen-bond acceptors (Lipinski definition) is 2. The quantitative estimate of drug-likeness (QED) is 0.643. The number of benzene rings is 2. The van der Waals surface area contributed by atoms with Gasteiger partial charge in [0.1, 0.15) is 5.82 Å². The third-order valence-corrected chi connectivity index (χ3v) is 4.73. The molecule has 0 amide bonds. The fourth-order valence-electron chi connectivity index (χ4n) is 3.34. The van der Waals surface area contributed by atoms with Crippen LogP contribution in [0.2, 0.25) is 0 Å². The van der Waals surface area contributed by atoms with Gasteiger partial charge in [-0.05, 0) is 36.8 Å². The van der Waals surface area contributed by atoms with Crippen LogP contribution in [-0.2, 0) is 0 Å². The van der Waals surface area contributed by atoms with E-state index in [1.54, 1.807) is 12.1 Å². The second-order valence-corrected chi connectivity index (χ2v) is 6.55. The van der Waals surface area contributed by atoms with Gasteiger partial charge >= 0.3 is 0 Å². The molecule has 0 saturated heterocycles. The molecule has 3 aromatic rings. The van der Waals surface area contributed by atoms with Crippen LogP contribution in [0.15, 0.2) is 73.1 Å². The van der Waals surface area contributed by atoms with Gasteiger partial charge in [0, 0.05) is 29.9 Å². The van der Waals surface area contributed by atoms with Crippen LogP contribution in [0, 0.1) is 12.7 Å². The third-order valence-electron chi connectivity index (χ3n) is 4.73. The topological polar surface area (TPSA) is 25.2 Å². The van der Waals surface area contributed by atoms with Crippen molar-refractivity contribution in [1.29, 1.82) is 0 Å². The van der Waals surface area contributed by atoms with E-state index in [4.69, 9.17) is 0 Å². The predicted octanol–water partition coefficient (Wildman–Crippen LogP) is 4.65. The lowest BCUT2D eigenvalue weighted by atomic mass is 10.00. The van der Waals surface area contributed by atoms with Crippen molar-refractivity contribution in [2.24, 2.45) is 0 Å². The Morgan fingerprint density at radius 2 is 1.73 bits per heavy atom. The van der Waals surface area contributed by atoms with Crippen LogP contribution in [0.25, 0.3) is 6.20 Å². The van der Waals surface area contributed by atoms with Crippen LogP contribution in [0.1, 0.15) is 33.2 Å². The highest BCUT2D eigenvalue weighted by atomic mass is 19.1. The molecule has 1 aromatic heterocycles. The standard InChI is InChI=1S/C22H19FN2O/c1-16-4-6-17(7-5-16)21(26)15-25-14-13-24-12-2-3-20(24)22(25)18-8-10-19(23)11-9-18/h2-14,22H,15H2,1H3/t22-/m0/s1. The average Bonchev–Trinajstić information content (AvgIpc) is 3.12. The maximum absolute atomic E-state index is 13.4. The summed E-state index contributed by atoms with van der Waals surface area (Å²) >= 11 is 0. The predicted molar refractivity (Wildman–Crippen MR) is 100 cm³/mol. The van der Waals surface area contributed by atoms with E-state index in [-0.39, 0.29) is 24.2 Å². The highest BCUT2D eigenvalue weighted by Gasteiger charge is 2.27. The summed E-state index contributed by atoms with van der Waals surface area (Å²) in [7, 11) is 0. The number of aryl methyl sites for hydroxylation is 1. The molecule has 0 aliphatic carbocycles. The SMILES string of the molecule is Cc1ccc(C(=O)CN2C=Cn3cccc3[C@@H]2c2ccc(F)cc2)cc1. The number of carbonyl (C=O) groups is 1. The minimum Gasteiger partial charge on any atom is -0.356 e. The van der Waals surface area contributed by atoms with Crippen molar-refractivity contribution < 1.29 is 9.18 Å². The average molecular weight is 346 g/mol. The Kier molecular flexibility index (Phi) is 4.17. The number of carbonyl (C=O) groups excluding carboxylic acids is 1. The summed E-state index contributed by atoms with van der Waals surface area (Å²) < 4.78 is 15.4. The molecule has 0 saturated carbocycles. The molecule has 3 nitrogen and oxygen atoms in total. The summed E-state index contributed by atoms with van der Waals surface area (Å²) in [6.45, 7) is 2.26. The number of aromatic nitrogens is 1. The van der Waals surface area contributed by atoms with Crippen molar-refractivity contribution >= 4 is 12.0 Å². The first-order chi connectivity index (χ1) is 12.6. The van der Waals surface area contributed by atoms with Gasteiger partial charge in [-0.25, -0.2) is 4.39 Å². The van der Waals surface area contributed by atoms with Crippen LogP contribution < -0.4 is 0 Å². The molecule has 0 unspecified atom stereocenters. The molecule has 2 aromatic carbocycles. The Bertz CT molecular complexity index is 955. The van der Waals surface area contributed by atoms with Crippen molar-refractivity contribution in [3.05, 3.63) is 101 Å². The van der Waals surface area contributed by atoms with E-state index in [0.29, 0.717) is 5.56 Å². The van der Waals surface area contributed by atoms with Gasteiger partial charge in [0.25, 0.3) is 0 Å². The molecular formula is C22H19FN2O. The lowest BCUT2D eigenvalue weighted by Crippen LogP contribution is -2.33. The largest absolute Gasteiger partial charge is 0.356 e. The second-order valence-electron chi connectivity index (χ2n) is 6.55. The number of ketones is 1. The number of rotatable bonds is 4. The minimum atomic E-state index is -0.266. The zero-order valence-electron chi connectivity index (χ0n) is 14.5. The van der Waals surface area contributed by atoms with E-state index >= 15 is 0 Å². The Balaban J connectivity index is 1.66. The van der Waals surface area contributed by atoms with Gasteiger partial charge in [0.05, 0.1) is 12.6 Å². The molecule has 0 radical (unpaired) electrons. The fourth-order valence-corrected chi connectivity index (χ4v) is 3.34. The van der Waals surface area contributed by atoms with E-state index in [2.05, 4.69) is 0 Å². The summed E-state index contributed by atoms with van der Waals surface area (Å²) in [5.41, 5.74) is 3.83. The lowest BCUT2D eigenvalue weighted by Gasteiger charge is -2.34. The Labute approximate surface area is 152 Å². The molecule has 0 spiro atoms. The Hall–Kier alpha value is -3.14. The summed E-state index contributed by atoms with van der Waals surface area (Å²) in [4.78, 5) is 14.8. The summed E-state index contributed by atoms with van der Waals surface area (Å²) in [6.07, 6.45) is 5.84. The van der Waals surface area contributed by atoms with Gasteiger partial charge in [-0.1, -0.05) is 42.0 Å². The first kappa shape index (κ1) is 16.3. The van der Waals surface area contributed by atoms with Gasteiger partial charge in [0.15, 0.2) is 5.78 Å². The van der Waals surface area contributed by atoms with Crippen molar-refractivity contribution in [1.82, 2.24) is 9.47 Å². The first-order valence-electron chi connectivity index (χ1n) is 8.58. The van der Waals surface area contributed by atoms with Crippen molar-refractivity contribution in [2.45, 2.75) is 13.0 Å². The Morgan fingerprint density at radius 1 is 1.00 bits per heavy atom. The molecule has 0 fully saturated rings. The maximum Gasteiger partial charge on any atom is 0.182 e. The van der Waals surface area contributed by atoms with Crippen LogP contribution >= 0.6 is 0 Å². The molecule has 0 N–H and O–H groups in total. The van der Waals surface area contributed by atoms with Gasteiger partial charge in [-0.2, -0.15) is 0 Å². The van der Waals surface area contributed by atoms with Gasteiger partial charge in [-0.3, -0.25) is 4.79 Å². The molecule has 1 atom stereocenters. The normalized spacial score (nSPS) is 15.8. The smallest absolute Gasteiger partial charge is 0.182 e. The fraction of sp³-hybridized carbons (Fsp3) is 0.136. The third kappa shape index (κ3) is 3.06. The number of nitrogens with zero attached hydrogens (tertiary/aromatic N) is 2. The summed E-state index contributed by atoms with van der Waals surface area (Å²) in [5, 5.41) is 0. The van der Waals surface area contributed by atoms with Crippen LogP contribution in [0.3, 0.4) is 0 Å². The lowest BCUT2D eigenvalue weighted by molar-refractivity contribution is 0.0941. The van der Waals surface area contributed by atoms with Crippen LogP contribution in [-0.4, -0.2) is 21.8 Å². The maximum atomic E-state index is 13.4. The van der Waals surface area contributed by atoms with Gasteiger partial charge in [0.2, 0.25) is 0 Å². The van der Waals surface area contributed by atoms with Crippen LogP contribution in [0.5, 0.6) is 0 Å². The molecule has 2 heterocycles. The highest BCUT2D eigenvalue weighted by molar-refractivity contribution is 5.97. The molecular weight excluding hydrogens is 327 g/mol. The van der Waals surface area contributed by atoms with E-state index in [1.165, 1.54) is 12.1 Å². The molecule has 130 valence electrons. The van der Waals surface area contributed by atoms with Gasteiger partial charge in [-0.15, -0.1) is 0 Å². The van der Waals surface area contributed by atoms with E-state index in [9.17, 15) is 9.18 Å². The molecule has 1 aliphatic rings. The Morgan fingerprint density at radius 3 is 2.46 bits per heavy atom. The number of hydrogen-bond donors (Lipinski definition) is 0. The van der Waals surface area contributed by atoms with E-state index in [1.807, 2.05) is 71.4 Å². The van der Waals surface area contributed by atoms with Crippen molar-refractivity contribution in [3.8, 4) is 0 Å². The zero-order chi connectivity index (χ0) is 18.1. The molecule has 4 heteroatoms. The molecule has 0 bridgehead atoms. The van der Waals surface area contributed by atoms with E-state index in [0.717, 1.165) is 16.8 Å². The minimum absolute atomic E-state index is 0.0572. The van der Waals surface area contributed by atoms with E-state index < -0.39 is 0 Å². The summed E-state index contributed by atoms with van der Waals surface area (Å²) in [6, 6.07) is 18.0. The molecule has 1 aliphatic heterocycles. The summed E-state index contributed by atoms with van der Waals surface area (Å²) in [5.74, 6) is -0.209. The number of halogens is 1. The first-order valence-corrected chi connectivity index (χ1v) is 8.58.